The maximum atomic E-state index is 11.2. The molecule has 1 fully saturated rings. The van der Waals surface area contributed by atoms with Gasteiger partial charge in [0.1, 0.15) is 5.82 Å². The molecule has 0 bridgehead atoms. The first-order chi connectivity index (χ1) is 10.2. The lowest BCUT2D eigenvalue weighted by molar-refractivity contribution is -0.118. The lowest BCUT2D eigenvalue weighted by Gasteiger charge is -2.32. The van der Waals surface area contributed by atoms with Gasteiger partial charge in [-0.05, 0) is 40.7 Å². The van der Waals surface area contributed by atoms with E-state index in [1.807, 2.05) is 46.8 Å². The molecule has 1 saturated heterocycles. The summed E-state index contributed by atoms with van der Waals surface area (Å²) in [6, 6.07) is 3.76. The zero-order valence-electron chi connectivity index (χ0n) is 14.1. The van der Waals surface area contributed by atoms with Gasteiger partial charge in [0.2, 0.25) is 5.91 Å². The van der Waals surface area contributed by atoms with E-state index in [9.17, 15) is 4.79 Å². The number of carbonyl (C=O) groups excluding carboxylic acids is 1. The van der Waals surface area contributed by atoms with Crippen molar-refractivity contribution in [1.82, 2.24) is 10.3 Å². The lowest BCUT2D eigenvalue weighted by atomic mass is 9.78. The Labute approximate surface area is 132 Å². The number of aryl methyl sites for hydroxylation is 1. The highest BCUT2D eigenvalue weighted by Crippen LogP contribution is 2.36. The van der Waals surface area contributed by atoms with E-state index in [-0.39, 0.29) is 23.7 Å². The van der Waals surface area contributed by atoms with Gasteiger partial charge in [0, 0.05) is 18.2 Å². The summed E-state index contributed by atoms with van der Waals surface area (Å²) in [6.07, 6.45) is 0. The van der Waals surface area contributed by atoms with Crippen LogP contribution < -0.4 is 16.1 Å². The van der Waals surface area contributed by atoms with Crippen LogP contribution in [0, 0.1) is 6.92 Å². The van der Waals surface area contributed by atoms with E-state index in [4.69, 9.17) is 9.31 Å². The van der Waals surface area contributed by atoms with Crippen molar-refractivity contribution in [2.75, 3.05) is 18.9 Å². The summed E-state index contributed by atoms with van der Waals surface area (Å²) in [5, 5.41) is 5.54. The summed E-state index contributed by atoms with van der Waals surface area (Å²) in [4.78, 5) is 15.7. The van der Waals surface area contributed by atoms with E-state index in [0.717, 1.165) is 11.2 Å². The van der Waals surface area contributed by atoms with Crippen LogP contribution in [0.1, 0.15) is 33.4 Å². The number of rotatable bonds is 4. The summed E-state index contributed by atoms with van der Waals surface area (Å²) in [5.74, 6) is 0.566. The van der Waals surface area contributed by atoms with Crippen molar-refractivity contribution < 1.29 is 14.1 Å². The molecule has 2 heterocycles. The first-order valence-corrected chi connectivity index (χ1v) is 7.44. The van der Waals surface area contributed by atoms with Crippen LogP contribution in [-0.2, 0) is 14.1 Å². The van der Waals surface area contributed by atoms with Crippen molar-refractivity contribution in [2.45, 2.75) is 45.8 Å². The molecule has 6 nitrogen and oxygen atoms in total. The molecule has 2 N–H and O–H groups in total. The highest BCUT2D eigenvalue weighted by molar-refractivity contribution is 6.62. The number of carbonyl (C=O) groups is 1. The monoisotopic (exact) mass is 305 g/mol. The van der Waals surface area contributed by atoms with E-state index in [1.54, 1.807) is 7.05 Å². The van der Waals surface area contributed by atoms with Crippen LogP contribution >= 0.6 is 0 Å². The van der Waals surface area contributed by atoms with Gasteiger partial charge < -0.3 is 19.9 Å². The summed E-state index contributed by atoms with van der Waals surface area (Å²) >= 11 is 0. The second kappa shape index (κ2) is 5.89. The van der Waals surface area contributed by atoms with Crippen molar-refractivity contribution in [2.24, 2.45) is 0 Å². The van der Waals surface area contributed by atoms with E-state index in [0.29, 0.717) is 5.82 Å². The number of aromatic nitrogens is 1. The number of hydrogen-bond donors (Lipinski definition) is 2. The molecule has 1 amide bonds. The highest BCUT2D eigenvalue weighted by Gasteiger charge is 2.52. The predicted octanol–water partition coefficient (Wildman–Crippen LogP) is 0.847. The third kappa shape index (κ3) is 3.25. The van der Waals surface area contributed by atoms with Crippen LogP contribution in [-0.4, -0.2) is 42.8 Å². The fraction of sp³-hybridized carbons (Fsp3) is 0.600. The van der Waals surface area contributed by atoms with Gasteiger partial charge in [0.25, 0.3) is 0 Å². The van der Waals surface area contributed by atoms with Crippen LogP contribution in [0.4, 0.5) is 5.82 Å². The second-order valence-electron chi connectivity index (χ2n) is 6.49. The lowest BCUT2D eigenvalue weighted by Crippen LogP contribution is -2.41. The SMILES string of the molecule is CNC(=O)CNc1ccc(B2OC(C)(C)C(C)(C)O2)c(C)n1. The maximum Gasteiger partial charge on any atom is 0.496 e. The number of likely N-dealkylation sites (N-methyl/N-ethyl adjacent to an activating group) is 1. The summed E-state index contributed by atoms with van der Waals surface area (Å²) in [5.41, 5.74) is 0.977. The predicted molar refractivity (Wildman–Crippen MR) is 87.2 cm³/mol. The van der Waals surface area contributed by atoms with Gasteiger partial charge in [-0.15, -0.1) is 0 Å². The molecule has 2 rings (SSSR count). The number of nitrogens with zero attached hydrogens (tertiary/aromatic N) is 1. The largest absolute Gasteiger partial charge is 0.496 e. The van der Waals surface area contributed by atoms with E-state index < -0.39 is 7.12 Å². The number of anilines is 1. The van der Waals surface area contributed by atoms with Gasteiger partial charge in [0.15, 0.2) is 0 Å². The van der Waals surface area contributed by atoms with Crippen molar-refractivity contribution in [3.63, 3.8) is 0 Å². The topological polar surface area (TPSA) is 72.5 Å². The third-order valence-electron chi connectivity index (χ3n) is 4.34. The van der Waals surface area contributed by atoms with E-state index in [2.05, 4.69) is 15.6 Å². The molecule has 0 unspecified atom stereocenters. The van der Waals surface area contributed by atoms with Gasteiger partial charge in [-0.3, -0.25) is 4.79 Å². The van der Waals surface area contributed by atoms with Crippen LogP contribution in [0.2, 0.25) is 0 Å². The average molecular weight is 305 g/mol. The minimum absolute atomic E-state index is 0.0884. The Morgan fingerprint density at radius 1 is 1.23 bits per heavy atom. The van der Waals surface area contributed by atoms with Crippen LogP contribution in [0.3, 0.4) is 0 Å². The minimum atomic E-state index is -0.425. The molecule has 1 aromatic rings. The first-order valence-electron chi connectivity index (χ1n) is 7.44. The molecule has 7 heteroatoms. The average Bonchev–Trinajstić information content (AvgIpc) is 2.64. The zero-order valence-corrected chi connectivity index (χ0v) is 14.1. The molecular formula is C15H24BN3O3. The van der Waals surface area contributed by atoms with Gasteiger partial charge in [-0.25, -0.2) is 4.98 Å². The second-order valence-corrected chi connectivity index (χ2v) is 6.49. The van der Waals surface area contributed by atoms with Crippen molar-refractivity contribution >= 4 is 24.3 Å². The normalized spacial score (nSPS) is 19.1. The Bertz CT molecular complexity index is 559. The molecule has 0 aromatic carbocycles. The summed E-state index contributed by atoms with van der Waals surface area (Å²) in [6.45, 7) is 10.2. The van der Waals surface area contributed by atoms with Crippen LogP contribution in [0.25, 0.3) is 0 Å². The van der Waals surface area contributed by atoms with Crippen molar-refractivity contribution in [3.05, 3.63) is 17.8 Å². The van der Waals surface area contributed by atoms with Crippen LogP contribution in [0.5, 0.6) is 0 Å². The standard InChI is InChI=1S/C15H24BN3O3/c1-10-11(16-21-14(2,3)15(4,5)22-16)7-8-12(19-10)18-9-13(20)17-6/h7-8H,9H2,1-6H3,(H,17,20)(H,18,19). The van der Waals surface area contributed by atoms with Crippen LogP contribution in [0.15, 0.2) is 12.1 Å². The summed E-state index contributed by atoms with van der Waals surface area (Å²) < 4.78 is 12.1. The van der Waals surface area contributed by atoms with Gasteiger partial charge in [-0.1, -0.05) is 6.07 Å². The summed E-state index contributed by atoms with van der Waals surface area (Å²) in [7, 11) is 1.18. The molecule has 1 aromatic heterocycles. The molecular weight excluding hydrogens is 281 g/mol. The third-order valence-corrected chi connectivity index (χ3v) is 4.34. The molecule has 1 aliphatic heterocycles. The van der Waals surface area contributed by atoms with E-state index >= 15 is 0 Å². The first kappa shape index (κ1) is 16.8. The quantitative estimate of drug-likeness (QED) is 0.807. The Hall–Kier alpha value is -1.60. The Kier molecular flexibility index (Phi) is 4.49. The van der Waals surface area contributed by atoms with E-state index in [1.165, 1.54) is 0 Å². The fourth-order valence-corrected chi connectivity index (χ4v) is 2.15. The molecule has 1 aliphatic rings. The molecule has 120 valence electrons. The van der Waals surface area contributed by atoms with Gasteiger partial charge in [0.05, 0.1) is 17.7 Å². The molecule has 0 radical (unpaired) electrons. The van der Waals surface area contributed by atoms with Gasteiger partial charge >= 0.3 is 7.12 Å². The smallest absolute Gasteiger partial charge is 0.399 e. The Balaban J connectivity index is 2.13. The maximum absolute atomic E-state index is 11.2. The zero-order chi connectivity index (χ0) is 16.5. The number of pyridine rings is 1. The number of hydrogen-bond acceptors (Lipinski definition) is 5. The Morgan fingerprint density at radius 3 is 2.32 bits per heavy atom. The molecule has 22 heavy (non-hydrogen) atoms. The number of amides is 1. The molecule has 0 saturated carbocycles. The highest BCUT2D eigenvalue weighted by atomic mass is 16.7. The van der Waals surface area contributed by atoms with Gasteiger partial charge in [-0.2, -0.15) is 0 Å². The fourth-order valence-electron chi connectivity index (χ4n) is 2.15. The van der Waals surface area contributed by atoms with Crippen molar-refractivity contribution in [1.29, 1.82) is 0 Å². The van der Waals surface area contributed by atoms with Crippen molar-refractivity contribution in [3.8, 4) is 0 Å². The molecule has 0 aliphatic carbocycles. The number of nitrogens with one attached hydrogen (secondary N) is 2. The minimum Gasteiger partial charge on any atom is -0.399 e. The molecule has 0 spiro atoms. The Morgan fingerprint density at radius 2 is 1.82 bits per heavy atom. The molecule has 0 atom stereocenters.